The van der Waals surface area contributed by atoms with Crippen LogP contribution in [0.2, 0.25) is 0 Å². The summed E-state index contributed by atoms with van der Waals surface area (Å²) in [4.78, 5) is 23.3. The van der Waals surface area contributed by atoms with E-state index in [9.17, 15) is 4.79 Å². The number of carbonyl (C=O) groups excluding carboxylic acids is 1. The maximum atomic E-state index is 12.7. The minimum absolute atomic E-state index is 0.0125. The van der Waals surface area contributed by atoms with E-state index in [-0.39, 0.29) is 11.9 Å². The van der Waals surface area contributed by atoms with E-state index in [0.29, 0.717) is 25.3 Å². The zero-order chi connectivity index (χ0) is 14.8. The Balaban J connectivity index is 1.87. The average Bonchev–Trinajstić information content (AvgIpc) is 2.94. The minimum Gasteiger partial charge on any atom is -0.377 e. The highest BCUT2D eigenvalue weighted by atomic mass is 32.1. The van der Waals surface area contributed by atoms with Crippen LogP contribution in [0.15, 0.2) is 23.7 Å². The third-order valence-corrected chi connectivity index (χ3v) is 4.32. The summed E-state index contributed by atoms with van der Waals surface area (Å²) in [6.07, 6.45) is 1.64. The lowest BCUT2D eigenvalue weighted by Crippen LogP contribution is -2.43. The molecule has 0 N–H and O–H groups in total. The fourth-order valence-corrected chi connectivity index (χ4v) is 3.04. The number of morpholine rings is 1. The number of hydrogen-bond acceptors (Lipinski definition) is 5. The highest BCUT2D eigenvalue weighted by Crippen LogP contribution is 2.26. The summed E-state index contributed by atoms with van der Waals surface area (Å²) in [5, 5.41) is 3.00. The van der Waals surface area contributed by atoms with E-state index in [1.165, 1.54) is 0 Å². The molecule has 1 aliphatic heterocycles. The standard InChI is InChI=1S/C15H17N3O2S/c1-10-3-4-12(7-16-10)15(19)18-5-6-20-8-14(18)13-9-21-11(2)17-13/h3-4,7,9,14H,5-6,8H2,1-2H3/t14-/m0/s1. The molecular weight excluding hydrogens is 286 g/mol. The SMILES string of the molecule is Cc1ccc(C(=O)N2CCOC[C@H]2c2csc(C)n2)cn1. The Morgan fingerprint density at radius 1 is 1.43 bits per heavy atom. The van der Waals surface area contributed by atoms with E-state index in [1.807, 2.05) is 36.3 Å². The molecule has 3 rings (SSSR count). The van der Waals surface area contributed by atoms with Crippen LogP contribution in [0, 0.1) is 13.8 Å². The van der Waals surface area contributed by atoms with Crippen molar-refractivity contribution in [3.8, 4) is 0 Å². The number of ether oxygens (including phenoxy) is 1. The molecule has 0 saturated carbocycles. The first-order chi connectivity index (χ1) is 10.1. The Morgan fingerprint density at radius 3 is 2.95 bits per heavy atom. The molecule has 1 atom stereocenters. The second-order valence-electron chi connectivity index (χ2n) is 5.07. The molecule has 0 spiro atoms. The van der Waals surface area contributed by atoms with Gasteiger partial charge in [-0.15, -0.1) is 11.3 Å². The number of rotatable bonds is 2. The van der Waals surface area contributed by atoms with Crippen LogP contribution in [0.3, 0.4) is 0 Å². The zero-order valence-electron chi connectivity index (χ0n) is 12.1. The topological polar surface area (TPSA) is 55.3 Å². The summed E-state index contributed by atoms with van der Waals surface area (Å²) >= 11 is 1.59. The van der Waals surface area contributed by atoms with Gasteiger partial charge in [-0.25, -0.2) is 4.98 Å². The number of amides is 1. The summed E-state index contributed by atoms with van der Waals surface area (Å²) < 4.78 is 5.54. The fourth-order valence-electron chi connectivity index (χ4n) is 2.39. The Hall–Kier alpha value is -1.79. The van der Waals surface area contributed by atoms with Crippen molar-refractivity contribution in [1.82, 2.24) is 14.9 Å². The lowest BCUT2D eigenvalue weighted by Gasteiger charge is -2.34. The third kappa shape index (κ3) is 2.96. The zero-order valence-corrected chi connectivity index (χ0v) is 12.9. The molecule has 1 amide bonds. The van der Waals surface area contributed by atoms with E-state index >= 15 is 0 Å². The number of nitrogens with zero attached hydrogens (tertiary/aromatic N) is 3. The Kier molecular flexibility index (Phi) is 3.98. The van der Waals surface area contributed by atoms with Gasteiger partial charge in [0, 0.05) is 23.8 Å². The Morgan fingerprint density at radius 2 is 2.29 bits per heavy atom. The molecule has 0 aliphatic carbocycles. The van der Waals surface area contributed by atoms with E-state index in [0.717, 1.165) is 16.4 Å². The predicted molar refractivity (Wildman–Crippen MR) is 80.4 cm³/mol. The van der Waals surface area contributed by atoms with E-state index in [2.05, 4.69) is 9.97 Å². The van der Waals surface area contributed by atoms with Gasteiger partial charge in [0.25, 0.3) is 5.91 Å². The maximum Gasteiger partial charge on any atom is 0.256 e. The maximum absolute atomic E-state index is 12.7. The van der Waals surface area contributed by atoms with Crippen LogP contribution >= 0.6 is 11.3 Å². The summed E-state index contributed by atoms with van der Waals surface area (Å²) in [6.45, 7) is 5.50. The lowest BCUT2D eigenvalue weighted by molar-refractivity contribution is -0.00378. The molecule has 2 aromatic rings. The van der Waals surface area contributed by atoms with Crippen molar-refractivity contribution in [3.05, 3.63) is 45.7 Å². The van der Waals surface area contributed by atoms with Crippen LogP contribution < -0.4 is 0 Å². The number of aromatic nitrogens is 2. The molecular formula is C15H17N3O2S. The van der Waals surface area contributed by atoms with Crippen LogP contribution in [0.25, 0.3) is 0 Å². The molecule has 0 aromatic carbocycles. The van der Waals surface area contributed by atoms with Crippen molar-refractivity contribution >= 4 is 17.2 Å². The van der Waals surface area contributed by atoms with Gasteiger partial charge in [0.1, 0.15) is 0 Å². The van der Waals surface area contributed by atoms with Gasteiger partial charge in [-0.1, -0.05) is 0 Å². The van der Waals surface area contributed by atoms with Gasteiger partial charge in [-0.2, -0.15) is 0 Å². The molecule has 0 radical (unpaired) electrons. The fraction of sp³-hybridized carbons (Fsp3) is 0.400. The predicted octanol–water partition coefficient (Wildman–Crippen LogP) is 2.37. The quantitative estimate of drug-likeness (QED) is 0.854. The van der Waals surface area contributed by atoms with Crippen molar-refractivity contribution in [3.63, 3.8) is 0 Å². The normalized spacial score (nSPS) is 18.8. The van der Waals surface area contributed by atoms with Gasteiger partial charge in [-0.3, -0.25) is 9.78 Å². The second kappa shape index (κ2) is 5.91. The number of pyridine rings is 1. The summed E-state index contributed by atoms with van der Waals surface area (Å²) in [7, 11) is 0. The van der Waals surface area contributed by atoms with Gasteiger partial charge in [-0.05, 0) is 26.0 Å². The summed E-state index contributed by atoms with van der Waals surface area (Å²) in [6, 6.07) is 3.57. The summed E-state index contributed by atoms with van der Waals surface area (Å²) in [5.41, 5.74) is 2.42. The molecule has 0 unspecified atom stereocenters. The molecule has 1 fully saturated rings. The third-order valence-electron chi connectivity index (χ3n) is 3.53. The lowest BCUT2D eigenvalue weighted by atomic mass is 10.1. The van der Waals surface area contributed by atoms with Crippen LogP contribution in [0.5, 0.6) is 0 Å². The summed E-state index contributed by atoms with van der Waals surface area (Å²) in [5.74, 6) is -0.0125. The second-order valence-corrected chi connectivity index (χ2v) is 6.13. The molecule has 5 nitrogen and oxygen atoms in total. The van der Waals surface area contributed by atoms with E-state index in [4.69, 9.17) is 4.74 Å². The van der Waals surface area contributed by atoms with Gasteiger partial charge in [0.05, 0.1) is 35.5 Å². The van der Waals surface area contributed by atoms with Gasteiger partial charge in [0.2, 0.25) is 0 Å². The Labute approximate surface area is 127 Å². The number of carbonyl (C=O) groups is 1. The molecule has 6 heteroatoms. The molecule has 0 bridgehead atoms. The monoisotopic (exact) mass is 303 g/mol. The smallest absolute Gasteiger partial charge is 0.256 e. The van der Waals surface area contributed by atoms with Gasteiger partial charge in [0.15, 0.2) is 0 Å². The molecule has 3 heterocycles. The van der Waals surface area contributed by atoms with Crippen molar-refractivity contribution in [1.29, 1.82) is 0 Å². The Bertz CT molecular complexity index is 639. The van der Waals surface area contributed by atoms with Crippen LogP contribution in [0.4, 0.5) is 0 Å². The van der Waals surface area contributed by atoms with Crippen molar-refractivity contribution in [2.75, 3.05) is 19.8 Å². The molecule has 110 valence electrons. The highest BCUT2D eigenvalue weighted by Gasteiger charge is 2.30. The van der Waals surface area contributed by atoms with Crippen molar-refractivity contribution in [2.45, 2.75) is 19.9 Å². The average molecular weight is 303 g/mol. The number of hydrogen-bond donors (Lipinski definition) is 0. The number of aryl methyl sites for hydroxylation is 2. The highest BCUT2D eigenvalue weighted by molar-refractivity contribution is 7.09. The van der Waals surface area contributed by atoms with Gasteiger partial charge >= 0.3 is 0 Å². The minimum atomic E-state index is -0.113. The van der Waals surface area contributed by atoms with Crippen LogP contribution in [0.1, 0.15) is 32.8 Å². The largest absolute Gasteiger partial charge is 0.377 e. The van der Waals surface area contributed by atoms with Crippen molar-refractivity contribution in [2.24, 2.45) is 0 Å². The first-order valence-corrected chi connectivity index (χ1v) is 7.76. The molecule has 2 aromatic heterocycles. The van der Waals surface area contributed by atoms with Crippen LogP contribution in [-0.2, 0) is 4.74 Å². The molecule has 1 saturated heterocycles. The van der Waals surface area contributed by atoms with E-state index < -0.39 is 0 Å². The van der Waals surface area contributed by atoms with Crippen LogP contribution in [-0.4, -0.2) is 40.5 Å². The first kappa shape index (κ1) is 14.2. The molecule has 1 aliphatic rings. The molecule has 21 heavy (non-hydrogen) atoms. The van der Waals surface area contributed by atoms with Gasteiger partial charge < -0.3 is 9.64 Å². The first-order valence-electron chi connectivity index (χ1n) is 6.88. The van der Waals surface area contributed by atoms with Crippen molar-refractivity contribution < 1.29 is 9.53 Å². The number of thiazole rings is 1. The van der Waals surface area contributed by atoms with E-state index in [1.54, 1.807) is 17.5 Å².